The van der Waals surface area contributed by atoms with Crippen molar-refractivity contribution in [3.8, 4) is 0 Å². The Morgan fingerprint density at radius 3 is 2.25 bits per heavy atom. The van der Waals surface area contributed by atoms with Crippen LogP contribution in [0.2, 0.25) is 0 Å². The SMILES string of the molecule is O=CC(=O)[SH]1CCC1. The predicted octanol–water partition coefficient (Wildman–Crippen LogP) is 0.117. The highest BCUT2D eigenvalue weighted by Crippen LogP contribution is 2.36. The van der Waals surface area contributed by atoms with Crippen LogP contribution in [0.3, 0.4) is 0 Å². The normalized spacial score (nSPS) is 21.8. The minimum absolute atomic E-state index is 0.147. The van der Waals surface area contributed by atoms with Gasteiger partial charge in [0.1, 0.15) is 0 Å². The van der Waals surface area contributed by atoms with Crippen molar-refractivity contribution in [1.82, 2.24) is 0 Å². The molecule has 2 nitrogen and oxygen atoms in total. The smallest absolute Gasteiger partial charge is 0.232 e. The summed E-state index contributed by atoms with van der Waals surface area (Å²) in [6, 6.07) is 0. The average Bonchev–Trinajstić information content (AvgIpc) is 1.62. The van der Waals surface area contributed by atoms with E-state index in [9.17, 15) is 9.59 Å². The molecular formula is C5H8O2S. The summed E-state index contributed by atoms with van der Waals surface area (Å²) in [5, 5.41) is -0.147. The number of rotatable bonds is 1. The molecule has 46 valence electrons. The molecule has 0 aliphatic carbocycles. The molecule has 0 radical (unpaired) electrons. The largest absolute Gasteiger partial charge is 0.294 e. The lowest BCUT2D eigenvalue weighted by atomic mass is 10.5. The molecule has 1 rings (SSSR count). The van der Waals surface area contributed by atoms with Gasteiger partial charge in [0.15, 0.2) is 6.29 Å². The average molecular weight is 132 g/mol. The number of thiol groups is 1. The van der Waals surface area contributed by atoms with Crippen LogP contribution in [0.4, 0.5) is 0 Å². The number of aldehydes is 1. The predicted molar refractivity (Wildman–Crippen MR) is 34.4 cm³/mol. The fourth-order valence-corrected chi connectivity index (χ4v) is 1.83. The summed E-state index contributed by atoms with van der Waals surface area (Å²) in [5.74, 6) is 1.99. The Morgan fingerprint density at radius 1 is 1.50 bits per heavy atom. The highest BCUT2D eigenvalue weighted by molar-refractivity contribution is 8.32. The molecule has 0 bridgehead atoms. The van der Waals surface area contributed by atoms with Gasteiger partial charge in [0.25, 0.3) is 0 Å². The van der Waals surface area contributed by atoms with Gasteiger partial charge in [-0.1, -0.05) is 0 Å². The van der Waals surface area contributed by atoms with Crippen LogP contribution < -0.4 is 0 Å². The number of hydrogen-bond donors (Lipinski definition) is 1. The molecule has 0 amide bonds. The summed E-state index contributed by atoms with van der Waals surface area (Å²) < 4.78 is 0. The van der Waals surface area contributed by atoms with Crippen molar-refractivity contribution >= 4 is 22.3 Å². The van der Waals surface area contributed by atoms with Gasteiger partial charge in [-0.3, -0.25) is 9.59 Å². The Kier molecular flexibility index (Phi) is 1.68. The van der Waals surface area contributed by atoms with Crippen LogP contribution in [0.15, 0.2) is 0 Å². The fourth-order valence-electron chi connectivity index (χ4n) is 0.611. The van der Waals surface area contributed by atoms with Gasteiger partial charge in [-0.15, -0.1) is 0 Å². The van der Waals surface area contributed by atoms with Gasteiger partial charge >= 0.3 is 0 Å². The van der Waals surface area contributed by atoms with Crippen molar-refractivity contribution in [1.29, 1.82) is 0 Å². The van der Waals surface area contributed by atoms with Crippen LogP contribution in [-0.2, 0) is 9.59 Å². The lowest BCUT2D eigenvalue weighted by molar-refractivity contribution is -0.124. The Bertz CT molecular complexity index is 118. The number of carbonyl (C=O) groups excluding carboxylic acids is 2. The molecule has 0 spiro atoms. The third kappa shape index (κ3) is 0.916. The maximum Gasteiger partial charge on any atom is 0.232 e. The van der Waals surface area contributed by atoms with E-state index in [1.807, 2.05) is 0 Å². The standard InChI is InChI=1S/C5H8O2S/c6-4-5(7)8-2-1-3-8/h4,8H,1-3H2. The molecule has 0 atom stereocenters. The van der Waals surface area contributed by atoms with Crippen molar-refractivity contribution in [3.05, 3.63) is 0 Å². The molecule has 0 N–H and O–H groups in total. The van der Waals surface area contributed by atoms with E-state index < -0.39 is 10.9 Å². The van der Waals surface area contributed by atoms with Crippen molar-refractivity contribution < 1.29 is 9.59 Å². The second kappa shape index (κ2) is 2.31. The van der Waals surface area contributed by atoms with Gasteiger partial charge in [0, 0.05) is 0 Å². The van der Waals surface area contributed by atoms with E-state index in [1.54, 1.807) is 0 Å². The first-order valence-corrected chi connectivity index (χ1v) is 4.30. The lowest BCUT2D eigenvalue weighted by Crippen LogP contribution is -2.16. The zero-order chi connectivity index (χ0) is 5.98. The molecule has 0 unspecified atom stereocenters. The van der Waals surface area contributed by atoms with Gasteiger partial charge in [0.2, 0.25) is 5.12 Å². The number of carbonyl (C=O) groups is 2. The van der Waals surface area contributed by atoms with E-state index in [-0.39, 0.29) is 5.12 Å². The minimum Gasteiger partial charge on any atom is -0.294 e. The fraction of sp³-hybridized carbons (Fsp3) is 0.600. The molecule has 1 aliphatic heterocycles. The van der Waals surface area contributed by atoms with Crippen LogP contribution in [0.1, 0.15) is 6.42 Å². The molecule has 0 aromatic carbocycles. The van der Waals surface area contributed by atoms with Gasteiger partial charge in [-0.2, -0.15) is 10.9 Å². The van der Waals surface area contributed by atoms with Crippen molar-refractivity contribution in [2.24, 2.45) is 0 Å². The summed E-state index contributed by atoms with van der Waals surface area (Å²) in [6.45, 7) is 0. The molecule has 8 heavy (non-hydrogen) atoms. The van der Waals surface area contributed by atoms with Gasteiger partial charge in [0.05, 0.1) is 0 Å². The zero-order valence-corrected chi connectivity index (χ0v) is 5.36. The number of hydrogen-bond acceptors (Lipinski definition) is 2. The van der Waals surface area contributed by atoms with Crippen LogP contribution in [-0.4, -0.2) is 22.9 Å². The Hall–Kier alpha value is -0.310. The maximum absolute atomic E-state index is 10.5. The van der Waals surface area contributed by atoms with Crippen LogP contribution in [0.25, 0.3) is 0 Å². The van der Waals surface area contributed by atoms with Gasteiger partial charge in [-0.05, 0) is 17.9 Å². The van der Waals surface area contributed by atoms with E-state index in [2.05, 4.69) is 0 Å². The molecule has 1 fully saturated rings. The van der Waals surface area contributed by atoms with Gasteiger partial charge < -0.3 is 0 Å². The van der Waals surface area contributed by atoms with Crippen LogP contribution in [0, 0.1) is 0 Å². The molecule has 1 aliphatic rings. The quantitative estimate of drug-likeness (QED) is 0.312. The van der Waals surface area contributed by atoms with Gasteiger partial charge in [-0.25, -0.2) is 0 Å². The van der Waals surface area contributed by atoms with E-state index in [0.717, 1.165) is 17.9 Å². The topological polar surface area (TPSA) is 34.1 Å². The highest BCUT2D eigenvalue weighted by atomic mass is 32.2. The van der Waals surface area contributed by atoms with E-state index in [4.69, 9.17) is 0 Å². The molecule has 0 saturated carbocycles. The molecule has 1 heterocycles. The van der Waals surface area contributed by atoms with Crippen LogP contribution >= 0.6 is 10.9 Å². The third-order valence-electron chi connectivity index (χ3n) is 1.27. The Morgan fingerprint density at radius 2 is 2.12 bits per heavy atom. The third-order valence-corrected chi connectivity index (χ3v) is 3.71. The zero-order valence-electron chi connectivity index (χ0n) is 4.46. The second-order valence-corrected chi connectivity index (χ2v) is 4.21. The Labute approximate surface area is 50.6 Å². The molecule has 3 heteroatoms. The van der Waals surface area contributed by atoms with E-state index in [0.29, 0.717) is 6.29 Å². The summed E-state index contributed by atoms with van der Waals surface area (Å²) in [4.78, 5) is 20.3. The maximum atomic E-state index is 10.5. The first-order valence-electron chi connectivity index (χ1n) is 2.58. The molecule has 0 aromatic heterocycles. The summed E-state index contributed by atoms with van der Waals surface area (Å²) in [6.07, 6.45) is 1.61. The van der Waals surface area contributed by atoms with Crippen molar-refractivity contribution in [3.63, 3.8) is 0 Å². The monoisotopic (exact) mass is 132 g/mol. The lowest BCUT2D eigenvalue weighted by Gasteiger charge is -2.25. The summed E-state index contributed by atoms with van der Waals surface area (Å²) in [5.41, 5.74) is 0. The summed E-state index contributed by atoms with van der Waals surface area (Å²) in [7, 11) is -0.466. The van der Waals surface area contributed by atoms with E-state index >= 15 is 0 Å². The molecule has 1 saturated heterocycles. The van der Waals surface area contributed by atoms with Crippen molar-refractivity contribution in [2.75, 3.05) is 11.5 Å². The molecule has 0 aromatic rings. The first kappa shape index (κ1) is 5.82. The highest BCUT2D eigenvalue weighted by Gasteiger charge is 2.19. The Balaban J connectivity index is 2.34. The first-order chi connectivity index (χ1) is 3.84. The van der Waals surface area contributed by atoms with Crippen molar-refractivity contribution in [2.45, 2.75) is 6.42 Å². The summed E-state index contributed by atoms with van der Waals surface area (Å²) >= 11 is 0. The van der Waals surface area contributed by atoms with Crippen LogP contribution in [0.5, 0.6) is 0 Å². The minimum atomic E-state index is -0.466. The van der Waals surface area contributed by atoms with E-state index in [1.165, 1.54) is 0 Å². The molecular weight excluding hydrogens is 124 g/mol. The second-order valence-electron chi connectivity index (χ2n) is 1.80.